The molecular weight excluding hydrogens is 190 g/mol. The molecule has 0 amide bonds. The van der Waals surface area contributed by atoms with E-state index in [9.17, 15) is 0 Å². The Labute approximate surface area is 89.4 Å². The molecule has 0 atom stereocenters. The quantitative estimate of drug-likeness (QED) is 0.777. The van der Waals surface area contributed by atoms with Crippen molar-refractivity contribution in [2.45, 2.75) is 0 Å². The number of pyridine rings is 1. The Morgan fingerprint density at radius 1 is 1.40 bits per heavy atom. The van der Waals surface area contributed by atoms with Gasteiger partial charge in [-0.2, -0.15) is 0 Å². The highest BCUT2D eigenvalue weighted by atomic mass is 16.5. The van der Waals surface area contributed by atoms with Crippen LogP contribution < -0.4 is 10.6 Å². The van der Waals surface area contributed by atoms with Crippen molar-refractivity contribution < 1.29 is 4.74 Å². The molecule has 80 valence electrons. The van der Waals surface area contributed by atoms with Gasteiger partial charge in [-0.15, -0.1) is 0 Å². The summed E-state index contributed by atoms with van der Waals surface area (Å²) in [6.07, 6.45) is 5.11. The number of aromatic nitrogens is 1. The van der Waals surface area contributed by atoms with Crippen LogP contribution in [-0.4, -0.2) is 31.3 Å². The van der Waals surface area contributed by atoms with Crippen LogP contribution in [0.1, 0.15) is 5.69 Å². The molecule has 1 saturated heterocycles. The zero-order valence-corrected chi connectivity index (χ0v) is 8.60. The predicted octanol–water partition coefficient (Wildman–Crippen LogP) is 0.848. The normalized spacial score (nSPS) is 17.2. The van der Waals surface area contributed by atoms with Crippen LogP contribution in [0.2, 0.25) is 0 Å². The molecule has 1 aliphatic heterocycles. The number of hydrogen-bond acceptors (Lipinski definition) is 4. The first-order valence-corrected chi connectivity index (χ1v) is 5.07. The molecule has 0 unspecified atom stereocenters. The lowest BCUT2D eigenvalue weighted by Crippen LogP contribution is -2.36. The second-order valence-corrected chi connectivity index (χ2v) is 3.40. The lowest BCUT2D eigenvalue weighted by atomic mass is 10.2. The predicted molar refractivity (Wildman–Crippen MR) is 60.5 cm³/mol. The third-order valence-electron chi connectivity index (χ3n) is 2.41. The first-order valence-electron chi connectivity index (χ1n) is 5.07. The summed E-state index contributed by atoms with van der Waals surface area (Å²) in [5, 5.41) is 0. The van der Waals surface area contributed by atoms with Crippen molar-refractivity contribution in [3.63, 3.8) is 0 Å². The zero-order valence-electron chi connectivity index (χ0n) is 8.60. The van der Waals surface area contributed by atoms with E-state index < -0.39 is 0 Å². The van der Waals surface area contributed by atoms with Crippen LogP contribution in [0, 0.1) is 0 Å². The third kappa shape index (κ3) is 2.47. The number of rotatable bonds is 2. The van der Waals surface area contributed by atoms with Gasteiger partial charge >= 0.3 is 0 Å². The Balaban J connectivity index is 2.15. The molecule has 1 aromatic heterocycles. The van der Waals surface area contributed by atoms with Gasteiger partial charge in [-0.05, 0) is 24.4 Å². The fourth-order valence-electron chi connectivity index (χ4n) is 1.64. The van der Waals surface area contributed by atoms with Crippen molar-refractivity contribution in [3.05, 3.63) is 30.2 Å². The van der Waals surface area contributed by atoms with Gasteiger partial charge in [-0.25, -0.2) is 0 Å². The first kappa shape index (κ1) is 9.98. The van der Waals surface area contributed by atoms with Crippen molar-refractivity contribution in [1.82, 2.24) is 4.98 Å². The monoisotopic (exact) mass is 205 g/mol. The van der Waals surface area contributed by atoms with Gasteiger partial charge in [0.1, 0.15) is 0 Å². The molecule has 0 bridgehead atoms. The van der Waals surface area contributed by atoms with Crippen molar-refractivity contribution >= 4 is 11.8 Å². The zero-order chi connectivity index (χ0) is 10.5. The molecule has 2 N–H and O–H groups in total. The van der Waals surface area contributed by atoms with Crippen LogP contribution >= 0.6 is 0 Å². The summed E-state index contributed by atoms with van der Waals surface area (Å²) in [7, 11) is 0. The van der Waals surface area contributed by atoms with Gasteiger partial charge in [0, 0.05) is 25.0 Å². The molecule has 0 aromatic carbocycles. The van der Waals surface area contributed by atoms with E-state index in [4.69, 9.17) is 10.5 Å². The average Bonchev–Trinajstić information content (AvgIpc) is 2.31. The number of ether oxygens (including phenoxy) is 1. The number of nitrogens with zero attached hydrogens (tertiary/aromatic N) is 2. The van der Waals surface area contributed by atoms with Crippen LogP contribution in [0.25, 0.3) is 6.08 Å². The third-order valence-corrected chi connectivity index (χ3v) is 2.41. The summed E-state index contributed by atoms with van der Waals surface area (Å²) in [4.78, 5) is 6.49. The SMILES string of the molecule is N/C=C\c1cc(N2CCOCC2)ccn1. The van der Waals surface area contributed by atoms with Crippen molar-refractivity contribution in [2.75, 3.05) is 31.2 Å². The molecule has 1 aliphatic rings. The van der Waals surface area contributed by atoms with E-state index in [1.54, 1.807) is 12.3 Å². The lowest BCUT2D eigenvalue weighted by Gasteiger charge is -2.28. The minimum atomic E-state index is 0.796. The number of nitrogens with two attached hydrogens (primary N) is 1. The summed E-state index contributed by atoms with van der Waals surface area (Å²) in [6, 6.07) is 4.05. The number of morpholine rings is 1. The fraction of sp³-hybridized carbons (Fsp3) is 0.364. The van der Waals surface area contributed by atoms with Crippen LogP contribution in [0.3, 0.4) is 0 Å². The van der Waals surface area contributed by atoms with E-state index in [-0.39, 0.29) is 0 Å². The van der Waals surface area contributed by atoms with E-state index >= 15 is 0 Å². The standard InChI is InChI=1S/C11H15N3O/c12-3-1-10-9-11(2-4-13-10)14-5-7-15-8-6-14/h1-4,9H,5-8,12H2/b3-1-. The highest BCUT2D eigenvalue weighted by Gasteiger charge is 2.10. The van der Waals surface area contributed by atoms with Crippen LogP contribution in [0.5, 0.6) is 0 Å². The molecule has 2 rings (SSSR count). The Morgan fingerprint density at radius 2 is 2.20 bits per heavy atom. The van der Waals surface area contributed by atoms with Gasteiger partial charge in [0.25, 0.3) is 0 Å². The molecule has 0 spiro atoms. The van der Waals surface area contributed by atoms with Gasteiger partial charge in [-0.3, -0.25) is 4.98 Å². The summed E-state index contributed by atoms with van der Waals surface area (Å²) in [5.41, 5.74) is 7.41. The number of hydrogen-bond donors (Lipinski definition) is 1. The van der Waals surface area contributed by atoms with E-state index in [1.807, 2.05) is 12.1 Å². The Hall–Kier alpha value is -1.55. The van der Waals surface area contributed by atoms with Gasteiger partial charge in [0.2, 0.25) is 0 Å². The lowest BCUT2D eigenvalue weighted by molar-refractivity contribution is 0.122. The Morgan fingerprint density at radius 3 is 2.93 bits per heavy atom. The number of anilines is 1. The summed E-state index contributed by atoms with van der Waals surface area (Å²) in [6.45, 7) is 3.47. The summed E-state index contributed by atoms with van der Waals surface area (Å²) < 4.78 is 5.31. The fourth-order valence-corrected chi connectivity index (χ4v) is 1.64. The second kappa shape index (κ2) is 4.79. The Bertz CT molecular complexity index is 345. The molecule has 0 saturated carbocycles. The van der Waals surface area contributed by atoms with Crippen LogP contribution in [-0.2, 0) is 4.74 Å². The summed E-state index contributed by atoms with van der Waals surface area (Å²) >= 11 is 0. The maximum Gasteiger partial charge on any atom is 0.0664 e. The van der Waals surface area contributed by atoms with E-state index in [0.717, 1.165) is 32.0 Å². The molecule has 1 aromatic rings. The second-order valence-electron chi connectivity index (χ2n) is 3.40. The van der Waals surface area contributed by atoms with Gasteiger partial charge in [0.15, 0.2) is 0 Å². The summed E-state index contributed by atoms with van der Waals surface area (Å²) in [5.74, 6) is 0. The van der Waals surface area contributed by atoms with Crippen LogP contribution in [0.15, 0.2) is 24.5 Å². The minimum Gasteiger partial charge on any atom is -0.405 e. The van der Waals surface area contributed by atoms with Gasteiger partial charge in [0.05, 0.1) is 18.9 Å². The average molecular weight is 205 g/mol. The highest BCUT2D eigenvalue weighted by molar-refractivity contribution is 5.54. The largest absolute Gasteiger partial charge is 0.405 e. The van der Waals surface area contributed by atoms with Crippen molar-refractivity contribution in [3.8, 4) is 0 Å². The molecule has 15 heavy (non-hydrogen) atoms. The van der Waals surface area contributed by atoms with Crippen molar-refractivity contribution in [1.29, 1.82) is 0 Å². The molecule has 0 radical (unpaired) electrons. The Kier molecular flexibility index (Phi) is 3.19. The van der Waals surface area contributed by atoms with Gasteiger partial charge < -0.3 is 15.4 Å². The molecule has 0 aliphatic carbocycles. The topological polar surface area (TPSA) is 51.4 Å². The minimum absolute atomic E-state index is 0.796. The van der Waals surface area contributed by atoms with E-state index in [1.165, 1.54) is 11.9 Å². The maximum atomic E-state index is 5.33. The molecular formula is C11H15N3O. The first-order chi connectivity index (χ1) is 7.40. The molecule has 1 fully saturated rings. The molecule has 4 heteroatoms. The molecule has 4 nitrogen and oxygen atoms in total. The van der Waals surface area contributed by atoms with Crippen LogP contribution in [0.4, 0.5) is 5.69 Å². The smallest absolute Gasteiger partial charge is 0.0664 e. The van der Waals surface area contributed by atoms with E-state index in [2.05, 4.69) is 9.88 Å². The van der Waals surface area contributed by atoms with Gasteiger partial charge in [-0.1, -0.05) is 0 Å². The highest BCUT2D eigenvalue weighted by Crippen LogP contribution is 2.16. The maximum absolute atomic E-state index is 5.33. The van der Waals surface area contributed by atoms with Crippen molar-refractivity contribution in [2.24, 2.45) is 5.73 Å². The van der Waals surface area contributed by atoms with E-state index in [0.29, 0.717) is 0 Å². The molecule has 2 heterocycles.